The number of carbonyl (C=O) groups is 1. The standard InChI is InChI=1S/C22H19N3O/c26-22(24-21-12-3-4-13-23-21)16-20(25-14-5-6-15-25)19-11-7-9-17-8-1-2-10-18(17)19/h1-15,20H,16H2,(H,23,24,26). The lowest BCUT2D eigenvalue weighted by Gasteiger charge is -2.21. The molecule has 0 aliphatic carbocycles. The van der Waals surface area contributed by atoms with E-state index in [2.05, 4.69) is 39.1 Å². The SMILES string of the molecule is O=C(CC(c1cccc2ccccc12)n1cccc1)Nc1ccccn1. The Hall–Kier alpha value is -3.40. The van der Waals surface area contributed by atoms with E-state index in [0.29, 0.717) is 12.2 Å². The first-order chi connectivity index (χ1) is 12.8. The highest BCUT2D eigenvalue weighted by atomic mass is 16.1. The van der Waals surface area contributed by atoms with Crippen molar-refractivity contribution in [3.63, 3.8) is 0 Å². The number of anilines is 1. The Bertz CT molecular complexity index is 1000. The second-order valence-corrected chi connectivity index (χ2v) is 6.18. The Morgan fingerprint density at radius 1 is 0.923 bits per heavy atom. The summed E-state index contributed by atoms with van der Waals surface area (Å²) >= 11 is 0. The van der Waals surface area contributed by atoms with Crippen LogP contribution in [0.3, 0.4) is 0 Å². The van der Waals surface area contributed by atoms with Gasteiger partial charge in [-0.05, 0) is 40.6 Å². The average Bonchev–Trinajstić information content (AvgIpc) is 3.21. The van der Waals surface area contributed by atoms with E-state index in [-0.39, 0.29) is 11.9 Å². The molecule has 4 aromatic rings. The first kappa shape index (κ1) is 16.1. The van der Waals surface area contributed by atoms with Crippen LogP contribution in [-0.4, -0.2) is 15.5 Å². The molecule has 128 valence electrons. The van der Waals surface area contributed by atoms with Crippen LogP contribution in [0.2, 0.25) is 0 Å². The fourth-order valence-corrected chi connectivity index (χ4v) is 3.28. The van der Waals surface area contributed by atoms with Crippen molar-refractivity contribution in [3.05, 3.63) is 97.0 Å². The zero-order chi connectivity index (χ0) is 17.8. The molecule has 2 aromatic carbocycles. The van der Waals surface area contributed by atoms with Crippen LogP contribution in [0.5, 0.6) is 0 Å². The lowest BCUT2D eigenvalue weighted by Crippen LogP contribution is -2.20. The van der Waals surface area contributed by atoms with Gasteiger partial charge in [0.05, 0.1) is 12.5 Å². The third-order valence-electron chi connectivity index (χ3n) is 4.48. The number of hydrogen-bond donors (Lipinski definition) is 1. The second-order valence-electron chi connectivity index (χ2n) is 6.18. The van der Waals surface area contributed by atoms with Crippen molar-refractivity contribution >= 4 is 22.5 Å². The van der Waals surface area contributed by atoms with Crippen LogP contribution in [-0.2, 0) is 4.79 Å². The van der Waals surface area contributed by atoms with Gasteiger partial charge in [0, 0.05) is 18.6 Å². The van der Waals surface area contributed by atoms with Gasteiger partial charge in [-0.25, -0.2) is 4.98 Å². The van der Waals surface area contributed by atoms with E-state index in [9.17, 15) is 4.79 Å². The Morgan fingerprint density at radius 3 is 2.50 bits per heavy atom. The van der Waals surface area contributed by atoms with E-state index in [1.165, 1.54) is 10.8 Å². The predicted molar refractivity (Wildman–Crippen MR) is 104 cm³/mol. The maximum Gasteiger partial charge on any atom is 0.227 e. The van der Waals surface area contributed by atoms with Crippen LogP contribution in [0, 0.1) is 0 Å². The minimum atomic E-state index is -0.0835. The summed E-state index contributed by atoms with van der Waals surface area (Å²) < 4.78 is 2.08. The van der Waals surface area contributed by atoms with Gasteiger partial charge >= 0.3 is 0 Å². The van der Waals surface area contributed by atoms with Crippen LogP contribution in [0.15, 0.2) is 91.4 Å². The molecular weight excluding hydrogens is 322 g/mol. The lowest BCUT2D eigenvalue weighted by molar-refractivity contribution is -0.116. The molecular formula is C22H19N3O. The minimum absolute atomic E-state index is 0.0599. The number of hydrogen-bond acceptors (Lipinski definition) is 2. The molecule has 1 atom stereocenters. The first-order valence-electron chi connectivity index (χ1n) is 8.62. The fourth-order valence-electron chi connectivity index (χ4n) is 3.28. The summed E-state index contributed by atoms with van der Waals surface area (Å²) in [5, 5.41) is 5.23. The number of nitrogens with zero attached hydrogens (tertiary/aromatic N) is 2. The van der Waals surface area contributed by atoms with Crippen molar-refractivity contribution in [1.29, 1.82) is 0 Å². The van der Waals surface area contributed by atoms with Crippen LogP contribution in [0.25, 0.3) is 10.8 Å². The van der Waals surface area contributed by atoms with E-state index in [1.807, 2.05) is 54.9 Å². The number of carbonyl (C=O) groups excluding carboxylic acids is 1. The first-order valence-corrected chi connectivity index (χ1v) is 8.62. The Kier molecular flexibility index (Phi) is 4.48. The molecule has 0 aliphatic rings. The molecule has 0 saturated heterocycles. The highest BCUT2D eigenvalue weighted by Crippen LogP contribution is 2.29. The van der Waals surface area contributed by atoms with Gasteiger partial charge < -0.3 is 9.88 Å². The smallest absolute Gasteiger partial charge is 0.227 e. The third-order valence-corrected chi connectivity index (χ3v) is 4.48. The minimum Gasteiger partial charge on any atom is -0.346 e. The topological polar surface area (TPSA) is 46.9 Å². The van der Waals surface area contributed by atoms with Crippen LogP contribution in [0.1, 0.15) is 18.0 Å². The molecule has 0 spiro atoms. The number of amides is 1. The van der Waals surface area contributed by atoms with Gasteiger partial charge in [-0.1, -0.05) is 48.5 Å². The molecule has 2 heterocycles. The quantitative estimate of drug-likeness (QED) is 0.574. The van der Waals surface area contributed by atoms with Gasteiger partial charge in [0.15, 0.2) is 0 Å². The Balaban J connectivity index is 1.68. The molecule has 0 saturated carbocycles. The monoisotopic (exact) mass is 341 g/mol. The van der Waals surface area contributed by atoms with Crippen molar-refractivity contribution < 1.29 is 4.79 Å². The van der Waals surface area contributed by atoms with Gasteiger partial charge in [0.25, 0.3) is 0 Å². The number of pyridine rings is 1. The third kappa shape index (κ3) is 3.35. The maximum atomic E-state index is 12.7. The molecule has 0 bridgehead atoms. The fraction of sp³-hybridized carbons (Fsp3) is 0.0909. The molecule has 4 heteroatoms. The molecule has 0 radical (unpaired) electrons. The van der Waals surface area contributed by atoms with Crippen LogP contribution >= 0.6 is 0 Å². The number of rotatable bonds is 5. The number of nitrogens with one attached hydrogen (secondary N) is 1. The van der Waals surface area contributed by atoms with E-state index >= 15 is 0 Å². The molecule has 4 rings (SSSR count). The van der Waals surface area contributed by atoms with E-state index in [1.54, 1.807) is 12.3 Å². The van der Waals surface area contributed by atoms with Crippen molar-refractivity contribution in [2.75, 3.05) is 5.32 Å². The van der Waals surface area contributed by atoms with Gasteiger partial charge in [-0.15, -0.1) is 0 Å². The van der Waals surface area contributed by atoms with Gasteiger partial charge in [-0.2, -0.15) is 0 Å². The summed E-state index contributed by atoms with van der Waals surface area (Å²) in [6.07, 6.45) is 6.00. The highest BCUT2D eigenvalue weighted by Gasteiger charge is 2.19. The summed E-state index contributed by atoms with van der Waals surface area (Å²) in [6, 6.07) is 23.9. The number of aromatic nitrogens is 2. The summed E-state index contributed by atoms with van der Waals surface area (Å²) in [6.45, 7) is 0. The summed E-state index contributed by atoms with van der Waals surface area (Å²) in [5.41, 5.74) is 1.13. The van der Waals surface area contributed by atoms with Crippen molar-refractivity contribution in [1.82, 2.24) is 9.55 Å². The van der Waals surface area contributed by atoms with Gasteiger partial charge in [0.2, 0.25) is 5.91 Å². The van der Waals surface area contributed by atoms with Gasteiger partial charge in [-0.3, -0.25) is 4.79 Å². The average molecular weight is 341 g/mol. The zero-order valence-corrected chi connectivity index (χ0v) is 14.2. The molecule has 0 fully saturated rings. The van der Waals surface area contributed by atoms with E-state index in [4.69, 9.17) is 0 Å². The molecule has 4 nitrogen and oxygen atoms in total. The van der Waals surface area contributed by atoms with Crippen molar-refractivity contribution in [2.45, 2.75) is 12.5 Å². The summed E-state index contributed by atoms with van der Waals surface area (Å²) in [5.74, 6) is 0.511. The lowest BCUT2D eigenvalue weighted by atomic mass is 9.96. The molecule has 2 aromatic heterocycles. The normalized spacial score (nSPS) is 12.0. The predicted octanol–water partition coefficient (Wildman–Crippen LogP) is 4.65. The zero-order valence-electron chi connectivity index (χ0n) is 14.2. The summed E-state index contributed by atoms with van der Waals surface area (Å²) in [7, 11) is 0. The molecule has 0 aliphatic heterocycles. The van der Waals surface area contributed by atoms with Crippen molar-refractivity contribution in [2.24, 2.45) is 0 Å². The number of fused-ring (bicyclic) bond motifs is 1. The van der Waals surface area contributed by atoms with Crippen LogP contribution < -0.4 is 5.32 Å². The number of benzene rings is 2. The summed E-state index contributed by atoms with van der Waals surface area (Å²) in [4.78, 5) is 16.8. The van der Waals surface area contributed by atoms with Crippen molar-refractivity contribution in [3.8, 4) is 0 Å². The highest BCUT2D eigenvalue weighted by molar-refractivity contribution is 5.91. The van der Waals surface area contributed by atoms with Crippen LogP contribution in [0.4, 0.5) is 5.82 Å². The Labute approximate surface area is 152 Å². The Morgan fingerprint density at radius 2 is 1.69 bits per heavy atom. The second kappa shape index (κ2) is 7.23. The molecule has 26 heavy (non-hydrogen) atoms. The van der Waals surface area contributed by atoms with E-state index in [0.717, 1.165) is 5.56 Å². The largest absolute Gasteiger partial charge is 0.346 e. The van der Waals surface area contributed by atoms with Gasteiger partial charge in [0.1, 0.15) is 5.82 Å². The maximum absolute atomic E-state index is 12.7. The molecule has 1 N–H and O–H groups in total. The van der Waals surface area contributed by atoms with E-state index < -0.39 is 0 Å². The molecule has 1 unspecified atom stereocenters. The molecule has 1 amide bonds.